The third-order valence-electron chi connectivity index (χ3n) is 4.73. The summed E-state index contributed by atoms with van der Waals surface area (Å²) in [5.41, 5.74) is 3.39. The van der Waals surface area contributed by atoms with Crippen LogP contribution in [0, 0.1) is 13.8 Å². The molecule has 1 fully saturated rings. The van der Waals surface area contributed by atoms with Crippen molar-refractivity contribution in [3.8, 4) is 0 Å². The number of hydrogen-bond donors (Lipinski definition) is 0. The molecular weight excluding hydrogens is 371 g/mol. The minimum Gasteiger partial charge on any atom is -0.325 e. The van der Waals surface area contributed by atoms with Gasteiger partial charge in [-0.3, -0.25) is 9.59 Å². The number of nitrogens with zero attached hydrogens (tertiary/aromatic N) is 2. The standard InChI is InChI=1S/C20H20Cl2N2O2/c1-12-4-5-13(2)18(10-12)24-9-8-23(14(3)19(24)25)20(26)16-7-6-15(21)11-17(16)22/h4-7,10-11,14H,8-9H2,1-3H3/t14-/m0/s1. The van der Waals surface area contributed by atoms with Gasteiger partial charge in [0.05, 0.1) is 10.6 Å². The summed E-state index contributed by atoms with van der Waals surface area (Å²) in [4.78, 5) is 29.2. The average molecular weight is 391 g/mol. The van der Waals surface area contributed by atoms with Crippen molar-refractivity contribution in [2.45, 2.75) is 26.8 Å². The lowest BCUT2D eigenvalue weighted by atomic mass is 10.1. The topological polar surface area (TPSA) is 40.6 Å². The second-order valence-electron chi connectivity index (χ2n) is 6.58. The number of benzene rings is 2. The van der Waals surface area contributed by atoms with Gasteiger partial charge in [0.25, 0.3) is 5.91 Å². The Morgan fingerprint density at radius 2 is 1.81 bits per heavy atom. The first kappa shape index (κ1) is 18.7. The van der Waals surface area contributed by atoms with Gasteiger partial charge in [-0.2, -0.15) is 0 Å². The van der Waals surface area contributed by atoms with Crippen LogP contribution < -0.4 is 4.90 Å². The van der Waals surface area contributed by atoms with E-state index in [1.807, 2.05) is 32.0 Å². The Hall–Kier alpha value is -2.04. The average Bonchev–Trinajstić information content (AvgIpc) is 2.59. The normalized spacial score (nSPS) is 17.6. The van der Waals surface area contributed by atoms with Crippen molar-refractivity contribution in [1.82, 2.24) is 4.90 Å². The molecule has 1 aliphatic rings. The third kappa shape index (κ3) is 3.44. The number of amides is 2. The monoisotopic (exact) mass is 390 g/mol. The Morgan fingerprint density at radius 1 is 1.08 bits per heavy atom. The van der Waals surface area contributed by atoms with Crippen molar-refractivity contribution in [3.63, 3.8) is 0 Å². The van der Waals surface area contributed by atoms with E-state index in [1.54, 1.807) is 28.9 Å². The van der Waals surface area contributed by atoms with Crippen LogP contribution in [0.15, 0.2) is 36.4 Å². The fraction of sp³-hybridized carbons (Fsp3) is 0.300. The highest BCUT2D eigenvalue weighted by molar-refractivity contribution is 6.36. The third-order valence-corrected chi connectivity index (χ3v) is 5.28. The van der Waals surface area contributed by atoms with Crippen molar-refractivity contribution in [1.29, 1.82) is 0 Å². The second kappa shape index (κ2) is 7.29. The highest BCUT2D eigenvalue weighted by Crippen LogP contribution is 2.28. The summed E-state index contributed by atoms with van der Waals surface area (Å²) in [6, 6.07) is 10.2. The first-order valence-corrected chi connectivity index (χ1v) is 9.20. The van der Waals surface area contributed by atoms with Crippen molar-refractivity contribution >= 4 is 40.7 Å². The molecule has 6 heteroatoms. The zero-order valence-corrected chi connectivity index (χ0v) is 16.4. The largest absolute Gasteiger partial charge is 0.325 e. The summed E-state index contributed by atoms with van der Waals surface area (Å²) in [5.74, 6) is -0.350. The Balaban J connectivity index is 1.86. The van der Waals surface area contributed by atoms with Crippen molar-refractivity contribution < 1.29 is 9.59 Å². The summed E-state index contributed by atoms with van der Waals surface area (Å²) >= 11 is 12.1. The number of anilines is 1. The summed E-state index contributed by atoms with van der Waals surface area (Å²) in [7, 11) is 0. The molecule has 0 aliphatic carbocycles. The van der Waals surface area contributed by atoms with Crippen LogP contribution in [0.3, 0.4) is 0 Å². The molecule has 2 amide bonds. The molecule has 0 spiro atoms. The van der Waals surface area contributed by atoms with Gasteiger partial charge in [-0.05, 0) is 56.2 Å². The maximum atomic E-state index is 13.0. The predicted molar refractivity (Wildman–Crippen MR) is 105 cm³/mol. The highest BCUT2D eigenvalue weighted by atomic mass is 35.5. The fourth-order valence-corrected chi connectivity index (χ4v) is 3.70. The molecule has 4 nitrogen and oxygen atoms in total. The first-order valence-electron chi connectivity index (χ1n) is 8.44. The van der Waals surface area contributed by atoms with Gasteiger partial charge in [0.15, 0.2) is 0 Å². The molecule has 0 aromatic heterocycles. The van der Waals surface area contributed by atoms with Crippen LogP contribution in [-0.2, 0) is 4.79 Å². The molecule has 2 aromatic carbocycles. The number of aryl methyl sites for hydroxylation is 2. The molecule has 0 unspecified atom stereocenters. The van der Waals surface area contributed by atoms with E-state index in [4.69, 9.17) is 23.2 Å². The lowest BCUT2D eigenvalue weighted by molar-refractivity contribution is -0.124. The lowest BCUT2D eigenvalue weighted by Crippen LogP contribution is -2.58. The van der Waals surface area contributed by atoms with E-state index < -0.39 is 6.04 Å². The zero-order valence-electron chi connectivity index (χ0n) is 14.9. The van der Waals surface area contributed by atoms with Gasteiger partial charge in [-0.15, -0.1) is 0 Å². The molecule has 0 saturated carbocycles. The van der Waals surface area contributed by atoms with Gasteiger partial charge in [0.2, 0.25) is 5.91 Å². The van der Waals surface area contributed by atoms with Crippen LogP contribution in [0.5, 0.6) is 0 Å². The summed E-state index contributed by atoms with van der Waals surface area (Å²) in [6.07, 6.45) is 0. The molecule has 3 rings (SSSR count). The Kier molecular flexibility index (Phi) is 5.26. The van der Waals surface area contributed by atoms with Gasteiger partial charge in [-0.25, -0.2) is 0 Å². The summed E-state index contributed by atoms with van der Waals surface area (Å²) in [5, 5.41) is 0.759. The van der Waals surface area contributed by atoms with Crippen LogP contribution in [0.2, 0.25) is 10.0 Å². The number of carbonyl (C=O) groups is 2. The molecular formula is C20H20Cl2N2O2. The number of rotatable bonds is 2. The van der Waals surface area contributed by atoms with Crippen molar-refractivity contribution in [2.75, 3.05) is 18.0 Å². The molecule has 0 bridgehead atoms. The summed E-state index contributed by atoms with van der Waals surface area (Å²) < 4.78 is 0. The van der Waals surface area contributed by atoms with Gasteiger partial charge < -0.3 is 9.80 Å². The predicted octanol–water partition coefficient (Wildman–Crippen LogP) is 4.49. The molecule has 1 saturated heterocycles. The van der Waals surface area contributed by atoms with Crippen molar-refractivity contribution in [2.24, 2.45) is 0 Å². The van der Waals surface area contributed by atoms with Crippen LogP contribution in [0.4, 0.5) is 5.69 Å². The van der Waals surface area contributed by atoms with Crippen LogP contribution in [0.1, 0.15) is 28.4 Å². The maximum absolute atomic E-state index is 13.0. The van der Waals surface area contributed by atoms with E-state index >= 15 is 0 Å². The Labute approximate surface area is 163 Å². The van der Waals surface area contributed by atoms with E-state index in [2.05, 4.69) is 0 Å². The maximum Gasteiger partial charge on any atom is 0.256 e. The molecule has 0 N–H and O–H groups in total. The Bertz CT molecular complexity index is 882. The van der Waals surface area contributed by atoms with Gasteiger partial charge >= 0.3 is 0 Å². The van der Waals surface area contributed by atoms with Gasteiger partial charge in [-0.1, -0.05) is 35.3 Å². The number of hydrogen-bond acceptors (Lipinski definition) is 2. The van der Waals surface area contributed by atoms with Crippen LogP contribution in [-0.4, -0.2) is 35.8 Å². The molecule has 1 atom stereocenters. The van der Waals surface area contributed by atoms with Crippen LogP contribution >= 0.6 is 23.2 Å². The number of halogens is 2. The minimum absolute atomic E-state index is 0.0941. The minimum atomic E-state index is -0.567. The van der Waals surface area contributed by atoms with Gasteiger partial charge in [0.1, 0.15) is 6.04 Å². The zero-order chi connectivity index (χ0) is 19.0. The fourth-order valence-electron chi connectivity index (χ4n) is 3.21. The van der Waals surface area contributed by atoms with E-state index in [1.165, 1.54) is 6.07 Å². The number of carbonyl (C=O) groups excluding carboxylic acids is 2. The molecule has 136 valence electrons. The molecule has 1 heterocycles. The highest BCUT2D eigenvalue weighted by Gasteiger charge is 2.36. The molecule has 26 heavy (non-hydrogen) atoms. The molecule has 1 aliphatic heterocycles. The van der Waals surface area contributed by atoms with E-state index in [9.17, 15) is 9.59 Å². The second-order valence-corrected chi connectivity index (χ2v) is 7.42. The smallest absolute Gasteiger partial charge is 0.256 e. The molecule has 2 aromatic rings. The van der Waals surface area contributed by atoms with E-state index in [0.29, 0.717) is 28.7 Å². The lowest BCUT2D eigenvalue weighted by Gasteiger charge is -2.39. The quantitative estimate of drug-likeness (QED) is 0.757. The summed E-state index contributed by atoms with van der Waals surface area (Å²) in [6.45, 7) is 6.63. The number of piperazine rings is 1. The van der Waals surface area contributed by atoms with E-state index in [-0.39, 0.29) is 11.8 Å². The van der Waals surface area contributed by atoms with Crippen molar-refractivity contribution in [3.05, 3.63) is 63.1 Å². The Morgan fingerprint density at radius 3 is 2.50 bits per heavy atom. The van der Waals surface area contributed by atoms with E-state index in [0.717, 1.165) is 16.8 Å². The SMILES string of the molecule is Cc1ccc(C)c(N2CCN(C(=O)c3ccc(Cl)cc3Cl)[C@@H](C)C2=O)c1. The molecule has 0 radical (unpaired) electrons. The first-order chi connectivity index (χ1) is 12.3. The van der Waals surface area contributed by atoms with Crippen LogP contribution in [0.25, 0.3) is 0 Å². The van der Waals surface area contributed by atoms with Gasteiger partial charge in [0, 0.05) is 23.8 Å².